The molecule has 0 saturated heterocycles. The molecule has 0 amide bonds. The van der Waals surface area contributed by atoms with E-state index in [2.05, 4.69) is 4.98 Å². The van der Waals surface area contributed by atoms with Gasteiger partial charge in [0.05, 0.1) is 21.6 Å². The molecule has 130 valence electrons. The van der Waals surface area contributed by atoms with E-state index in [4.69, 9.17) is 11.6 Å². The van der Waals surface area contributed by atoms with Crippen LogP contribution in [-0.2, 0) is 0 Å². The predicted molar refractivity (Wildman–Crippen MR) is 105 cm³/mol. The quantitative estimate of drug-likeness (QED) is 0.409. The SMILES string of the molecule is Cc1cc(Cl)c2[nH]c3c4c(ccc3c(=O)c2c1)C(=O)c1ccccc1C4=O. The van der Waals surface area contributed by atoms with Crippen LogP contribution in [-0.4, -0.2) is 16.6 Å². The summed E-state index contributed by atoms with van der Waals surface area (Å²) >= 11 is 6.34. The molecule has 27 heavy (non-hydrogen) atoms. The average molecular weight is 374 g/mol. The standard InChI is InChI=1S/C22H12ClNO3/c1-10-8-15-18(16(23)9-10)24-19-14(21(15)26)7-6-13-17(19)22(27)12-5-3-2-4-11(12)20(13)25/h2-9H,1H3,(H,24,26). The molecule has 0 unspecified atom stereocenters. The molecule has 0 radical (unpaired) electrons. The number of H-pyrrole nitrogens is 1. The monoisotopic (exact) mass is 373 g/mol. The summed E-state index contributed by atoms with van der Waals surface area (Å²) in [5.74, 6) is -0.498. The molecule has 0 aliphatic heterocycles. The van der Waals surface area contributed by atoms with Gasteiger partial charge in [-0.05, 0) is 36.8 Å². The van der Waals surface area contributed by atoms with Crippen molar-refractivity contribution in [1.82, 2.24) is 4.98 Å². The zero-order valence-corrected chi connectivity index (χ0v) is 15.0. The zero-order chi connectivity index (χ0) is 18.9. The number of aryl methyl sites for hydroxylation is 1. The molecule has 0 atom stereocenters. The molecule has 3 aromatic carbocycles. The van der Waals surface area contributed by atoms with E-state index < -0.39 is 0 Å². The van der Waals surface area contributed by atoms with Gasteiger partial charge in [0.25, 0.3) is 0 Å². The topological polar surface area (TPSA) is 67.0 Å². The number of carbonyl (C=O) groups excluding carboxylic acids is 2. The lowest BCUT2D eigenvalue weighted by Crippen LogP contribution is -2.22. The summed E-state index contributed by atoms with van der Waals surface area (Å²) in [6.07, 6.45) is 0. The molecule has 5 heteroatoms. The number of ketones is 2. The molecular formula is C22H12ClNO3. The molecule has 0 saturated carbocycles. The number of fused-ring (bicyclic) bond motifs is 5. The minimum absolute atomic E-state index is 0.216. The molecule has 4 nitrogen and oxygen atoms in total. The van der Waals surface area contributed by atoms with Gasteiger partial charge in [-0.2, -0.15) is 0 Å². The Morgan fingerprint density at radius 1 is 0.778 bits per heavy atom. The average Bonchev–Trinajstić information content (AvgIpc) is 2.66. The molecule has 1 aromatic heterocycles. The normalized spacial score (nSPS) is 13.1. The minimum Gasteiger partial charge on any atom is -0.352 e. The van der Waals surface area contributed by atoms with Crippen molar-refractivity contribution in [3.63, 3.8) is 0 Å². The Hall–Kier alpha value is -3.24. The van der Waals surface area contributed by atoms with Crippen LogP contribution in [0.5, 0.6) is 0 Å². The van der Waals surface area contributed by atoms with Crippen LogP contribution in [0.3, 0.4) is 0 Å². The number of rotatable bonds is 0. The number of nitrogens with one attached hydrogen (secondary N) is 1. The maximum absolute atomic E-state index is 13.1. The molecule has 1 heterocycles. The second-order valence-electron chi connectivity index (χ2n) is 6.74. The summed E-state index contributed by atoms with van der Waals surface area (Å²) in [4.78, 5) is 42.2. The second-order valence-corrected chi connectivity index (χ2v) is 7.15. The lowest BCUT2D eigenvalue weighted by Gasteiger charge is -2.19. The summed E-state index contributed by atoms with van der Waals surface area (Å²) < 4.78 is 0. The van der Waals surface area contributed by atoms with Crippen molar-refractivity contribution >= 4 is 45.0 Å². The molecule has 0 fully saturated rings. The first-order valence-electron chi connectivity index (χ1n) is 8.44. The van der Waals surface area contributed by atoms with Gasteiger partial charge in [-0.1, -0.05) is 35.9 Å². The van der Waals surface area contributed by atoms with Crippen molar-refractivity contribution in [2.45, 2.75) is 6.92 Å². The lowest BCUT2D eigenvalue weighted by atomic mass is 9.83. The van der Waals surface area contributed by atoms with E-state index in [1.165, 1.54) is 0 Å². The van der Waals surface area contributed by atoms with Crippen LogP contribution in [0.1, 0.15) is 37.4 Å². The van der Waals surface area contributed by atoms with Crippen LogP contribution >= 0.6 is 11.6 Å². The van der Waals surface area contributed by atoms with Crippen LogP contribution in [0.2, 0.25) is 5.02 Å². The number of hydrogen-bond acceptors (Lipinski definition) is 3. The number of pyridine rings is 1. The lowest BCUT2D eigenvalue weighted by molar-refractivity contribution is 0.0980. The zero-order valence-electron chi connectivity index (χ0n) is 14.2. The van der Waals surface area contributed by atoms with Crippen molar-refractivity contribution in [3.05, 3.63) is 91.6 Å². The molecule has 1 N–H and O–H groups in total. The third kappa shape index (κ3) is 2.07. The van der Waals surface area contributed by atoms with Crippen LogP contribution in [0, 0.1) is 6.92 Å². The molecule has 1 aliphatic carbocycles. The molecule has 1 aliphatic rings. The predicted octanol–water partition coefficient (Wildman–Crippen LogP) is 4.42. The van der Waals surface area contributed by atoms with Gasteiger partial charge < -0.3 is 4.98 Å². The van der Waals surface area contributed by atoms with Gasteiger partial charge >= 0.3 is 0 Å². The van der Waals surface area contributed by atoms with E-state index in [1.807, 2.05) is 6.92 Å². The van der Waals surface area contributed by atoms with E-state index in [0.717, 1.165) is 5.56 Å². The van der Waals surface area contributed by atoms with Gasteiger partial charge in [-0.15, -0.1) is 0 Å². The fraction of sp³-hybridized carbons (Fsp3) is 0.0455. The molecular weight excluding hydrogens is 362 g/mol. The van der Waals surface area contributed by atoms with E-state index in [1.54, 1.807) is 48.5 Å². The van der Waals surface area contributed by atoms with Gasteiger partial charge in [0.15, 0.2) is 17.0 Å². The van der Waals surface area contributed by atoms with Crippen LogP contribution in [0.4, 0.5) is 0 Å². The number of halogens is 1. The first-order chi connectivity index (χ1) is 13.0. The van der Waals surface area contributed by atoms with Crippen molar-refractivity contribution in [2.75, 3.05) is 0 Å². The highest BCUT2D eigenvalue weighted by atomic mass is 35.5. The minimum atomic E-state index is -0.274. The van der Waals surface area contributed by atoms with Gasteiger partial charge in [0.2, 0.25) is 0 Å². The highest BCUT2D eigenvalue weighted by Gasteiger charge is 2.31. The number of carbonyl (C=O) groups is 2. The van der Waals surface area contributed by atoms with Gasteiger partial charge in [-0.3, -0.25) is 14.4 Å². The molecule has 0 spiro atoms. The Labute approximate surface area is 158 Å². The molecule has 0 bridgehead atoms. The van der Waals surface area contributed by atoms with E-state index in [0.29, 0.717) is 43.5 Å². The fourth-order valence-electron chi connectivity index (χ4n) is 3.82. The van der Waals surface area contributed by atoms with Crippen molar-refractivity contribution in [2.24, 2.45) is 0 Å². The Kier molecular flexibility index (Phi) is 3.18. The van der Waals surface area contributed by atoms with Gasteiger partial charge in [0, 0.05) is 27.5 Å². The molecule has 5 rings (SSSR count). The summed E-state index contributed by atoms with van der Waals surface area (Å²) in [6.45, 7) is 1.86. The summed E-state index contributed by atoms with van der Waals surface area (Å²) in [5.41, 5.74) is 2.72. The number of aromatic amines is 1. The third-order valence-electron chi connectivity index (χ3n) is 5.07. The van der Waals surface area contributed by atoms with Crippen molar-refractivity contribution < 1.29 is 9.59 Å². The third-order valence-corrected chi connectivity index (χ3v) is 5.37. The van der Waals surface area contributed by atoms with Gasteiger partial charge in [0.1, 0.15) is 0 Å². The van der Waals surface area contributed by atoms with E-state index in [9.17, 15) is 14.4 Å². The Balaban J connectivity index is 1.97. The first kappa shape index (κ1) is 16.0. The number of hydrogen-bond donors (Lipinski definition) is 1. The summed E-state index contributed by atoms with van der Waals surface area (Å²) in [5, 5.41) is 1.22. The van der Waals surface area contributed by atoms with Gasteiger partial charge in [-0.25, -0.2) is 0 Å². The highest BCUT2D eigenvalue weighted by molar-refractivity contribution is 6.36. The largest absolute Gasteiger partial charge is 0.352 e. The van der Waals surface area contributed by atoms with Crippen LogP contribution in [0.15, 0.2) is 53.3 Å². The maximum Gasteiger partial charge on any atom is 0.197 e. The first-order valence-corrected chi connectivity index (χ1v) is 8.82. The van der Waals surface area contributed by atoms with Crippen molar-refractivity contribution in [3.8, 4) is 0 Å². The Morgan fingerprint density at radius 2 is 1.48 bits per heavy atom. The summed E-state index contributed by atoms with van der Waals surface area (Å²) in [7, 11) is 0. The van der Waals surface area contributed by atoms with Crippen molar-refractivity contribution in [1.29, 1.82) is 0 Å². The van der Waals surface area contributed by atoms with Crippen LogP contribution in [0.25, 0.3) is 21.8 Å². The summed E-state index contributed by atoms with van der Waals surface area (Å²) in [6, 6.07) is 13.4. The fourth-order valence-corrected chi connectivity index (χ4v) is 4.15. The number of benzene rings is 3. The smallest absolute Gasteiger partial charge is 0.197 e. The Bertz CT molecular complexity index is 1400. The maximum atomic E-state index is 13.1. The van der Waals surface area contributed by atoms with Crippen LogP contribution < -0.4 is 5.43 Å². The Morgan fingerprint density at radius 3 is 2.22 bits per heavy atom. The molecule has 4 aromatic rings. The highest BCUT2D eigenvalue weighted by Crippen LogP contribution is 2.32. The van der Waals surface area contributed by atoms with E-state index >= 15 is 0 Å². The second kappa shape index (κ2) is 5.38. The van der Waals surface area contributed by atoms with E-state index in [-0.39, 0.29) is 22.6 Å². The number of aromatic nitrogens is 1.